The summed E-state index contributed by atoms with van der Waals surface area (Å²) >= 11 is 6.07. The Morgan fingerprint density at radius 2 is 2.03 bits per heavy atom. The van der Waals surface area contributed by atoms with Gasteiger partial charge >= 0.3 is 0 Å². The first-order valence-corrected chi connectivity index (χ1v) is 10.7. The number of anilines is 1. The Labute approximate surface area is 193 Å². The first kappa shape index (κ1) is 21.7. The van der Waals surface area contributed by atoms with E-state index < -0.39 is 0 Å². The van der Waals surface area contributed by atoms with Gasteiger partial charge in [0.25, 0.3) is 0 Å². The van der Waals surface area contributed by atoms with Crippen molar-refractivity contribution in [3.05, 3.63) is 95.9 Å². The molecule has 0 saturated heterocycles. The molecule has 3 aromatic rings. The molecule has 1 heterocycles. The van der Waals surface area contributed by atoms with Gasteiger partial charge in [0.1, 0.15) is 11.6 Å². The molecule has 1 fully saturated rings. The third kappa shape index (κ3) is 4.41. The number of benzene rings is 2. The molecule has 1 saturated carbocycles. The second-order valence-corrected chi connectivity index (χ2v) is 8.26. The SMILES string of the molecule is C=C(N=C(/C=C\N)C1(c2ccc(Cl)cc2)CC1)Nc1ccc(-n2cnc(C)c2)c(OC)c1. The minimum absolute atomic E-state index is 0.161. The minimum Gasteiger partial charge on any atom is -0.494 e. The van der Waals surface area contributed by atoms with Crippen LogP contribution in [0.4, 0.5) is 5.69 Å². The monoisotopic (exact) mass is 447 g/mol. The van der Waals surface area contributed by atoms with Gasteiger partial charge in [-0.2, -0.15) is 0 Å². The standard InChI is InChI=1S/C25H26ClN5O/c1-17-15-31(16-28-17)22-9-8-21(14-23(22)32-3)29-18(2)30-24(10-13-27)25(11-12-25)19-4-6-20(26)7-5-19/h4-10,13-16,29H,2,11-12,27H2,1,3H3/b13-10-,30-24?. The molecule has 1 aromatic heterocycles. The van der Waals surface area contributed by atoms with Crippen molar-refractivity contribution in [2.45, 2.75) is 25.2 Å². The highest BCUT2D eigenvalue weighted by Crippen LogP contribution is 2.50. The van der Waals surface area contributed by atoms with E-state index in [-0.39, 0.29) is 5.41 Å². The van der Waals surface area contributed by atoms with Gasteiger partial charge in [0, 0.05) is 28.4 Å². The number of allylic oxidation sites excluding steroid dienone is 1. The highest BCUT2D eigenvalue weighted by atomic mass is 35.5. The topological polar surface area (TPSA) is 77.5 Å². The number of imidazole rings is 1. The lowest BCUT2D eigenvalue weighted by Gasteiger charge is -2.18. The number of nitrogens with two attached hydrogens (primary N) is 1. The molecule has 0 spiro atoms. The fraction of sp³-hybridized carbons (Fsp3) is 0.200. The van der Waals surface area contributed by atoms with Crippen molar-refractivity contribution in [3.63, 3.8) is 0 Å². The average Bonchev–Trinajstić information content (AvgIpc) is 3.48. The predicted octanol–water partition coefficient (Wildman–Crippen LogP) is 5.37. The van der Waals surface area contributed by atoms with Gasteiger partial charge in [0.15, 0.2) is 0 Å². The number of hydrogen-bond donors (Lipinski definition) is 2. The maximum atomic E-state index is 6.07. The summed E-state index contributed by atoms with van der Waals surface area (Å²) in [4.78, 5) is 9.07. The number of aromatic nitrogens is 2. The summed E-state index contributed by atoms with van der Waals surface area (Å²) in [5, 5.41) is 3.98. The van der Waals surface area contributed by atoms with E-state index in [1.54, 1.807) is 13.4 Å². The Balaban J connectivity index is 1.58. The van der Waals surface area contributed by atoms with E-state index >= 15 is 0 Å². The number of aryl methyl sites for hydroxylation is 1. The molecular weight excluding hydrogens is 422 g/mol. The van der Waals surface area contributed by atoms with Gasteiger partial charge in [-0.1, -0.05) is 30.3 Å². The largest absolute Gasteiger partial charge is 0.494 e. The number of rotatable bonds is 8. The summed E-state index contributed by atoms with van der Waals surface area (Å²) in [5.74, 6) is 1.23. The third-order valence-corrected chi connectivity index (χ3v) is 5.86. The molecule has 3 N–H and O–H groups in total. The fourth-order valence-electron chi connectivity index (χ4n) is 3.84. The van der Waals surface area contributed by atoms with Crippen LogP contribution >= 0.6 is 11.6 Å². The molecule has 0 bridgehead atoms. The molecule has 0 atom stereocenters. The molecule has 1 aliphatic rings. The summed E-state index contributed by atoms with van der Waals surface area (Å²) in [6.45, 7) is 6.06. The zero-order valence-corrected chi connectivity index (χ0v) is 18.9. The van der Waals surface area contributed by atoms with Crippen LogP contribution in [0.1, 0.15) is 24.1 Å². The highest BCUT2D eigenvalue weighted by Gasteiger charge is 2.48. The molecule has 2 aromatic carbocycles. The first-order valence-electron chi connectivity index (χ1n) is 10.3. The van der Waals surface area contributed by atoms with E-state index in [2.05, 4.69) is 16.9 Å². The van der Waals surface area contributed by atoms with Gasteiger partial charge in [-0.3, -0.25) is 0 Å². The maximum absolute atomic E-state index is 6.07. The van der Waals surface area contributed by atoms with Crippen LogP contribution in [0.5, 0.6) is 5.75 Å². The summed E-state index contributed by atoms with van der Waals surface area (Å²) in [5.41, 5.74) is 10.3. The molecule has 32 heavy (non-hydrogen) atoms. The molecule has 4 rings (SSSR count). The zero-order chi connectivity index (χ0) is 22.7. The van der Waals surface area contributed by atoms with Gasteiger partial charge in [-0.05, 0) is 61.9 Å². The van der Waals surface area contributed by atoms with Crippen LogP contribution in [0.15, 0.2) is 84.7 Å². The maximum Gasteiger partial charge on any atom is 0.144 e. The van der Waals surface area contributed by atoms with Crippen LogP contribution in [0, 0.1) is 6.92 Å². The Kier molecular flexibility index (Phi) is 6.06. The molecule has 0 radical (unpaired) electrons. The van der Waals surface area contributed by atoms with E-state index in [9.17, 15) is 0 Å². The molecule has 0 unspecified atom stereocenters. The summed E-state index contributed by atoms with van der Waals surface area (Å²) in [7, 11) is 1.65. The van der Waals surface area contributed by atoms with E-state index in [1.807, 2.05) is 66.2 Å². The van der Waals surface area contributed by atoms with E-state index in [0.717, 1.165) is 35.6 Å². The van der Waals surface area contributed by atoms with Crippen LogP contribution in [-0.2, 0) is 5.41 Å². The second-order valence-electron chi connectivity index (χ2n) is 7.83. The van der Waals surface area contributed by atoms with Crippen molar-refractivity contribution in [1.29, 1.82) is 0 Å². The number of nitrogens with one attached hydrogen (secondary N) is 1. The number of halogens is 1. The quantitative estimate of drug-likeness (QED) is 0.455. The van der Waals surface area contributed by atoms with Gasteiger partial charge in [-0.15, -0.1) is 0 Å². The molecule has 0 aliphatic heterocycles. The second kappa shape index (κ2) is 8.93. The molecule has 6 nitrogen and oxygen atoms in total. The van der Waals surface area contributed by atoms with Crippen LogP contribution in [0.3, 0.4) is 0 Å². The first-order chi connectivity index (χ1) is 15.4. The smallest absolute Gasteiger partial charge is 0.144 e. The Morgan fingerprint density at radius 1 is 1.28 bits per heavy atom. The predicted molar refractivity (Wildman–Crippen MR) is 131 cm³/mol. The lowest BCUT2D eigenvalue weighted by Crippen LogP contribution is -2.20. The number of hydrogen-bond acceptors (Lipinski definition) is 5. The van der Waals surface area contributed by atoms with Crippen molar-refractivity contribution < 1.29 is 4.74 Å². The van der Waals surface area contributed by atoms with Crippen molar-refractivity contribution in [3.8, 4) is 11.4 Å². The zero-order valence-electron chi connectivity index (χ0n) is 18.2. The van der Waals surface area contributed by atoms with E-state index in [0.29, 0.717) is 16.6 Å². The Bertz CT molecular complexity index is 1190. The third-order valence-electron chi connectivity index (χ3n) is 5.60. The summed E-state index contributed by atoms with van der Waals surface area (Å²) < 4.78 is 7.52. The molecule has 1 aliphatic carbocycles. The number of nitrogens with zero attached hydrogens (tertiary/aromatic N) is 3. The Hall–Kier alpha value is -3.51. The summed E-state index contributed by atoms with van der Waals surface area (Å²) in [6.07, 6.45) is 9.08. The van der Waals surface area contributed by atoms with Gasteiger partial charge < -0.3 is 20.4 Å². The molecule has 164 valence electrons. The van der Waals surface area contributed by atoms with E-state index in [4.69, 9.17) is 27.1 Å². The molecule has 7 heteroatoms. The lowest BCUT2D eigenvalue weighted by molar-refractivity contribution is 0.413. The van der Waals surface area contributed by atoms with Crippen molar-refractivity contribution in [1.82, 2.24) is 9.55 Å². The highest BCUT2D eigenvalue weighted by molar-refractivity contribution is 6.30. The fourth-order valence-corrected chi connectivity index (χ4v) is 3.97. The van der Waals surface area contributed by atoms with Crippen LogP contribution in [0.2, 0.25) is 5.02 Å². The van der Waals surface area contributed by atoms with Crippen LogP contribution < -0.4 is 15.8 Å². The summed E-state index contributed by atoms with van der Waals surface area (Å²) in [6, 6.07) is 13.7. The van der Waals surface area contributed by atoms with Crippen LogP contribution in [-0.4, -0.2) is 22.4 Å². The van der Waals surface area contributed by atoms with E-state index in [1.165, 1.54) is 11.8 Å². The number of aliphatic imine (C=N–C) groups is 1. The normalized spacial score (nSPS) is 15.0. The molecular formula is C25H26ClN5O. The average molecular weight is 448 g/mol. The van der Waals surface area contributed by atoms with Crippen molar-refractivity contribution in [2.24, 2.45) is 10.7 Å². The minimum atomic E-state index is -0.161. The van der Waals surface area contributed by atoms with Gasteiger partial charge in [0.05, 0.1) is 30.5 Å². The Morgan fingerprint density at radius 3 is 2.62 bits per heavy atom. The van der Waals surface area contributed by atoms with Gasteiger partial charge in [-0.25, -0.2) is 9.98 Å². The number of ether oxygens (including phenoxy) is 1. The van der Waals surface area contributed by atoms with Crippen LogP contribution in [0.25, 0.3) is 5.69 Å². The molecule has 0 amide bonds. The van der Waals surface area contributed by atoms with Crippen molar-refractivity contribution in [2.75, 3.05) is 12.4 Å². The van der Waals surface area contributed by atoms with Crippen molar-refractivity contribution >= 4 is 23.0 Å². The number of methoxy groups -OCH3 is 1. The lowest BCUT2D eigenvalue weighted by atomic mass is 9.90. The van der Waals surface area contributed by atoms with Gasteiger partial charge in [0.2, 0.25) is 0 Å².